The zero-order valence-corrected chi connectivity index (χ0v) is 20.4. The molecule has 2 aromatic carbocycles. The van der Waals surface area contributed by atoms with Gasteiger partial charge < -0.3 is 19.6 Å². The van der Waals surface area contributed by atoms with E-state index >= 15 is 0 Å². The van der Waals surface area contributed by atoms with Gasteiger partial charge in [-0.2, -0.15) is 0 Å². The fourth-order valence-electron chi connectivity index (χ4n) is 3.81. The third kappa shape index (κ3) is 5.40. The quantitative estimate of drug-likeness (QED) is 0.325. The molecule has 2 aromatic rings. The summed E-state index contributed by atoms with van der Waals surface area (Å²) in [5.41, 5.74) is 1.34. The molecule has 1 amide bonds. The Kier molecular flexibility index (Phi) is 7.74. The number of benzene rings is 2. The Bertz CT molecular complexity index is 1010. The molecule has 6 nitrogen and oxygen atoms in total. The fourth-order valence-corrected chi connectivity index (χ4v) is 4.23. The van der Waals surface area contributed by atoms with E-state index in [4.69, 9.17) is 4.74 Å². The Hall–Kier alpha value is -2.64. The summed E-state index contributed by atoms with van der Waals surface area (Å²) >= 11 is 3.47. The number of aliphatic hydroxyl groups is 1. The van der Waals surface area contributed by atoms with Crippen LogP contribution >= 0.6 is 15.9 Å². The van der Waals surface area contributed by atoms with E-state index in [1.165, 1.54) is 0 Å². The molecule has 1 aliphatic rings. The van der Waals surface area contributed by atoms with Crippen molar-refractivity contribution in [2.45, 2.75) is 32.4 Å². The molecular formula is C25H29BrN2O4. The van der Waals surface area contributed by atoms with Crippen molar-refractivity contribution in [1.82, 2.24) is 9.80 Å². The molecule has 1 fully saturated rings. The topological polar surface area (TPSA) is 70.1 Å². The Morgan fingerprint density at radius 2 is 1.84 bits per heavy atom. The van der Waals surface area contributed by atoms with E-state index in [9.17, 15) is 14.7 Å². The minimum absolute atomic E-state index is 0.0264. The van der Waals surface area contributed by atoms with Crippen molar-refractivity contribution in [2.24, 2.45) is 0 Å². The predicted octanol–water partition coefficient (Wildman–Crippen LogP) is 4.61. The molecule has 170 valence electrons. The van der Waals surface area contributed by atoms with Crippen LogP contribution in [0, 0.1) is 0 Å². The standard InChI is InChI=1S/C25H29BrN2O4/c1-16(2)32-20-11-9-17(10-12-20)23(29)21-22(18-7-5-8-19(26)15-18)28(25(31)24(21)30)14-6-13-27(3)4/h5,7-12,15-16,22,29H,6,13-14H2,1-4H3/b23-21-. The van der Waals surface area contributed by atoms with Gasteiger partial charge in [0.25, 0.3) is 11.7 Å². The van der Waals surface area contributed by atoms with Crippen molar-refractivity contribution < 1.29 is 19.4 Å². The van der Waals surface area contributed by atoms with E-state index in [1.54, 1.807) is 29.2 Å². The maximum absolute atomic E-state index is 13.1. The molecule has 0 aromatic heterocycles. The van der Waals surface area contributed by atoms with Crippen LogP contribution in [0.1, 0.15) is 37.4 Å². The molecule has 3 rings (SSSR count). The van der Waals surface area contributed by atoms with Gasteiger partial charge in [0.2, 0.25) is 0 Å². The highest BCUT2D eigenvalue weighted by molar-refractivity contribution is 9.10. The Morgan fingerprint density at radius 1 is 1.16 bits per heavy atom. The smallest absolute Gasteiger partial charge is 0.295 e. The second kappa shape index (κ2) is 10.3. The van der Waals surface area contributed by atoms with Crippen molar-refractivity contribution in [1.29, 1.82) is 0 Å². The fraction of sp³-hybridized carbons (Fsp3) is 0.360. The molecule has 1 atom stereocenters. The van der Waals surface area contributed by atoms with Crippen molar-refractivity contribution in [2.75, 3.05) is 27.2 Å². The van der Waals surface area contributed by atoms with E-state index in [1.807, 2.05) is 57.1 Å². The lowest BCUT2D eigenvalue weighted by atomic mass is 9.95. The molecule has 32 heavy (non-hydrogen) atoms. The molecule has 7 heteroatoms. The van der Waals surface area contributed by atoms with Crippen LogP contribution in [0.25, 0.3) is 5.76 Å². The molecular weight excluding hydrogens is 472 g/mol. The van der Waals surface area contributed by atoms with Crippen molar-refractivity contribution in [3.8, 4) is 5.75 Å². The molecule has 0 radical (unpaired) electrons. The van der Waals surface area contributed by atoms with Crippen molar-refractivity contribution >= 4 is 33.4 Å². The van der Waals surface area contributed by atoms with E-state index < -0.39 is 17.7 Å². The highest BCUT2D eigenvalue weighted by Gasteiger charge is 2.45. The van der Waals surface area contributed by atoms with E-state index in [-0.39, 0.29) is 17.4 Å². The number of nitrogens with zero attached hydrogens (tertiary/aromatic N) is 2. The third-order valence-electron chi connectivity index (χ3n) is 5.21. The summed E-state index contributed by atoms with van der Waals surface area (Å²) in [5, 5.41) is 11.1. The van der Waals surface area contributed by atoms with Crippen LogP contribution in [0.5, 0.6) is 5.75 Å². The van der Waals surface area contributed by atoms with Gasteiger partial charge in [-0.1, -0.05) is 28.1 Å². The monoisotopic (exact) mass is 500 g/mol. The Labute approximate surface area is 197 Å². The van der Waals surface area contributed by atoms with Crippen LogP contribution in [-0.4, -0.2) is 59.9 Å². The van der Waals surface area contributed by atoms with Gasteiger partial charge in [-0.25, -0.2) is 0 Å². The zero-order valence-electron chi connectivity index (χ0n) is 18.8. The predicted molar refractivity (Wildman–Crippen MR) is 129 cm³/mol. The number of carbonyl (C=O) groups excluding carboxylic acids is 2. The number of amides is 1. The molecule has 1 aliphatic heterocycles. The summed E-state index contributed by atoms with van der Waals surface area (Å²) < 4.78 is 6.50. The van der Waals surface area contributed by atoms with Gasteiger partial charge in [0, 0.05) is 16.6 Å². The minimum Gasteiger partial charge on any atom is -0.507 e. The number of rotatable bonds is 8. The number of aliphatic hydroxyl groups excluding tert-OH is 1. The second-order valence-corrected chi connectivity index (χ2v) is 9.31. The summed E-state index contributed by atoms with van der Waals surface area (Å²) in [6.45, 7) is 5.07. The van der Waals surface area contributed by atoms with Crippen LogP contribution in [0.3, 0.4) is 0 Å². The zero-order chi connectivity index (χ0) is 23.4. The van der Waals surface area contributed by atoms with Gasteiger partial charge in [-0.15, -0.1) is 0 Å². The lowest BCUT2D eigenvalue weighted by Crippen LogP contribution is -2.32. The van der Waals surface area contributed by atoms with Crippen molar-refractivity contribution in [3.63, 3.8) is 0 Å². The van der Waals surface area contributed by atoms with Crippen LogP contribution in [0.2, 0.25) is 0 Å². The number of carbonyl (C=O) groups is 2. The van der Waals surface area contributed by atoms with E-state index in [0.717, 1.165) is 16.6 Å². The summed E-state index contributed by atoms with van der Waals surface area (Å²) in [4.78, 5) is 29.6. The van der Waals surface area contributed by atoms with Gasteiger partial charge in [0.05, 0.1) is 17.7 Å². The third-order valence-corrected chi connectivity index (χ3v) is 5.70. The van der Waals surface area contributed by atoms with Crippen LogP contribution in [0.15, 0.2) is 58.6 Å². The molecule has 1 saturated heterocycles. The highest BCUT2D eigenvalue weighted by Crippen LogP contribution is 2.40. The number of hydrogen-bond acceptors (Lipinski definition) is 5. The van der Waals surface area contributed by atoms with Crippen molar-refractivity contribution in [3.05, 3.63) is 69.7 Å². The van der Waals surface area contributed by atoms with Gasteiger partial charge in [-0.3, -0.25) is 9.59 Å². The maximum atomic E-state index is 13.1. The molecule has 0 aliphatic carbocycles. The van der Waals surface area contributed by atoms with E-state index in [0.29, 0.717) is 24.3 Å². The number of ketones is 1. The molecule has 0 saturated carbocycles. The largest absolute Gasteiger partial charge is 0.507 e. The van der Waals surface area contributed by atoms with Gasteiger partial charge >= 0.3 is 0 Å². The summed E-state index contributed by atoms with van der Waals surface area (Å²) in [6, 6.07) is 13.7. The van der Waals surface area contributed by atoms with E-state index in [2.05, 4.69) is 15.9 Å². The van der Waals surface area contributed by atoms with Crippen LogP contribution in [-0.2, 0) is 9.59 Å². The first-order valence-corrected chi connectivity index (χ1v) is 11.4. The first kappa shape index (κ1) is 24.0. The first-order valence-electron chi connectivity index (χ1n) is 10.6. The summed E-state index contributed by atoms with van der Waals surface area (Å²) in [6.07, 6.45) is 0.740. The molecule has 1 heterocycles. The maximum Gasteiger partial charge on any atom is 0.295 e. The average molecular weight is 501 g/mol. The summed E-state index contributed by atoms with van der Waals surface area (Å²) in [7, 11) is 3.93. The lowest BCUT2D eigenvalue weighted by molar-refractivity contribution is -0.139. The number of hydrogen-bond donors (Lipinski definition) is 1. The normalized spacial score (nSPS) is 18.1. The van der Waals surface area contributed by atoms with Crippen LogP contribution < -0.4 is 4.74 Å². The SMILES string of the molecule is CC(C)Oc1ccc(/C(O)=C2/C(=O)C(=O)N(CCCN(C)C)C2c2cccc(Br)c2)cc1. The van der Waals surface area contributed by atoms with Gasteiger partial charge in [0.1, 0.15) is 11.5 Å². The molecule has 1 unspecified atom stereocenters. The molecule has 0 bridgehead atoms. The summed E-state index contributed by atoms with van der Waals surface area (Å²) in [5.74, 6) is -0.765. The second-order valence-electron chi connectivity index (χ2n) is 8.40. The Balaban J connectivity index is 2.04. The lowest BCUT2D eigenvalue weighted by Gasteiger charge is -2.26. The molecule has 0 spiro atoms. The number of likely N-dealkylation sites (tertiary alicyclic amines) is 1. The number of ether oxygens (including phenoxy) is 1. The highest BCUT2D eigenvalue weighted by atomic mass is 79.9. The van der Waals surface area contributed by atoms with Gasteiger partial charge in [-0.05, 0) is 82.9 Å². The van der Waals surface area contributed by atoms with Crippen LogP contribution in [0.4, 0.5) is 0 Å². The molecule has 1 N–H and O–H groups in total. The van der Waals surface area contributed by atoms with Gasteiger partial charge in [0.15, 0.2) is 0 Å². The Morgan fingerprint density at radius 3 is 2.44 bits per heavy atom. The number of halogens is 1. The first-order chi connectivity index (χ1) is 15.2. The number of Topliss-reactive ketones (excluding diaryl/α,β-unsaturated/α-hetero) is 1. The average Bonchev–Trinajstić information content (AvgIpc) is 2.98. The minimum atomic E-state index is -0.667.